The third-order valence-corrected chi connectivity index (χ3v) is 2.36. The normalized spacial score (nSPS) is 7.71. The van der Waals surface area contributed by atoms with E-state index in [2.05, 4.69) is 0 Å². The van der Waals surface area contributed by atoms with E-state index >= 15 is 0 Å². The summed E-state index contributed by atoms with van der Waals surface area (Å²) in [6.45, 7) is 3.13. The molecule has 0 aliphatic heterocycles. The topological polar surface area (TPSA) is 34.1 Å². The van der Waals surface area contributed by atoms with Crippen molar-refractivity contribution >= 4 is 53.4 Å². The molecule has 0 aliphatic carbocycles. The molecule has 0 saturated heterocycles. The van der Waals surface area contributed by atoms with E-state index in [0.717, 1.165) is 11.1 Å². The van der Waals surface area contributed by atoms with Gasteiger partial charge in [0.15, 0.2) is 11.6 Å². The molecule has 0 fully saturated rings. The second kappa shape index (κ2) is 13.8. The fourth-order valence-corrected chi connectivity index (χ4v) is 1.35. The first kappa shape index (κ1) is 24.9. The fourth-order valence-electron chi connectivity index (χ4n) is 1.35. The molecule has 116 valence electrons. The predicted octanol–water partition coefficient (Wildman–Crippen LogP) is 3.71. The van der Waals surface area contributed by atoms with Crippen LogP contribution in [0.5, 0.6) is 0 Å². The van der Waals surface area contributed by atoms with E-state index < -0.39 is 0 Å². The Bertz CT molecular complexity index is 467. The molecule has 2 aromatic carbocycles. The number of Topliss-reactive ketones (excluding diaryl/α,β-unsaturated/α-hetero) is 2. The molecule has 0 N–H and O–H groups in total. The summed E-state index contributed by atoms with van der Waals surface area (Å²) in [5.74, 6) is 0.242. The summed E-state index contributed by atoms with van der Waals surface area (Å²) in [6, 6.07) is 18.5. The van der Waals surface area contributed by atoms with E-state index in [-0.39, 0.29) is 53.4 Å². The Hall–Kier alpha value is -1.12. The first-order valence-corrected chi connectivity index (χ1v) is 5.73. The zero-order valence-corrected chi connectivity index (χ0v) is 15.6. The van der Waals surface area contributed by atoms with E-state index in [4.69, 9.17) is 0 Å². The van der Waals surface area contributed by atoms with Crippen molar-refractivity contribution in [2.45, 2.75) is 13.8 Å². The Labute approximate surface area is 148 Å². The average Bonchev–Trinajstić information content (AvgIpc) is 2.41. The van der Waals surface area contributed by atoms with Crippen molar-refractivity contribution in [2.75, 3.05) is 0 Å². The first-order chi connectivity index (χ1) is 8.61. The van der Waals surface area contributed by atoms with Crippen LogP contribution in [-0.4, -0.2) is 28.6 Å². The van der Waals surface area contributed by atoms with Gasteiger partial charge in [-0.3, -0.25) is 9.59 Å². The van der Waals surface area contributed by atoms with Crippen molar-refractivity contribution in [1.29, 1.82) is 0 Å². The van der Waals surface area contributed by atoms with Gasteiger partial charge in [-0.05, 0) is 13.8 Å². The molecule has 21 heavy (non-hydrogen) atoms. The van der Waals surface area contributed by atoms with Gasteiger partial charge in [0, 0.05) is 11.1 Å². The third kappa shape index (κ3) is 10.3. The van der Waals surface area contributed by atoms with Crippen LogP contribution in [0.15, 0.2) is 60.7 Å². The van der Waals surface area contributed by atoms with Gasteiger partial charge < -0.3 is 0 Å². The quantitative estimate of drug-likeness (QED) is 0.575. The molecule has 0 aromatic heterocycles. The number of benzene rings is 2. The van der Waals surface area contributed by atoms with Gasteiger partial charge in [-0.1, -0.05) is 60.7 Å². The molecule has 0 unspecified atom stereocenters. The minimum absolute atomic E-state index is 0. The first-order valence-electron chi connectivity index (χ1n) is 5.73. The zero-order chi connectivity index (χ0) is 13.4. The van der Waals surface area contributed by atoms with Gasteiger partial charge in [-0.2, -0.15) is 0 Å². The van der Waals surface area contributed by atoms with Crippen LogP contribution < -0.4 is 0 Å². The summed E-state index contributed by atoms with van der Waals surface area (Å²) in [5.41, 5.74) is 1.55. The zero-order valence-electron chi connectivity index (χ0n) is 11.9. The number of rotatable bonds is 2. The van der Waals surface area contributed by atoms with E-state index in [9.17, 15) is 9.59 Å². The summed E-state index contributed by atoms with van der Waals surface area (Å²) in [7, 11) is 0. The molecule has 2 aromatic rings. The second-order valence-corrected chi connectivity index (χ2v) is 3.84. The monoisotopic (exact) mass is 394 g/mol. The Morgan fingerprint density at radius 1 is 0.619 bits per heavy atom. The molecule has 0 spiro atoms. The summed E-state index contributed by atoms with van der Waals surface area (Å²) in [6.07, 6.45) is 0. The molecule has 0 aliphatic rings. The van der Waals surface area contributed by atoms with E-state index in [1.54, 1.807) is 13.8 Å². The summed E-state index contributed by atoms with van der Waals surface area (Å²) in [4.78, 5) is 21.3. The Morgan fingerprint density at radius 3 is 1.00 bits per heavy atom. The van der Waals surface area contributed by atoms with E-state index in [1.165, 1.54) is 0 Å². The number of ketones is 2. The summed E-state index contributed by atoms with van der Waals surface area (Å²) < 4.78 is 0. The van der Waals surface area contributed by atoms with Gasteiger partial charge in [-0.25, -0.2) is 0 Å². The molecule has 2 nitrogen and oxygen atoms in total. The predicted molar refractivity (Wildman–Crippen MR) is 95.9 cm³/mol. The van der Waals surface area contributed by atoms with Crippen molar-refractivity contribution in [3.05, 3.63) is 71.8 Å². The van der Waals surface area contributed by atoms with Crippen LogP contribution in [0.4, 0.5) is 0 Å². The van der Waals surface area contributed by atoms with Crippen LogP contribution in [-0.2, 0) is 0 Å². The van der Waals surface area contributed by atoms with E-state index in [0.29, 0.717) is 0 Å². The van der Waals surface area contributed by atoms with Gasteiger partial charge in [-0.15, -0.1) is 24.8 Å². The molecule has 0 atom stereocenters. The van der Waals surface area contributed by atoms with Crippen LogP contribution in [0, 0.1) is 0 Å². The molecular formula is C16H20Cl2O2Se. The van der Waals surface area contributed by atoms with Crippen molar-refractivity contribution in [2.24, 2.45) is 0 Å². The number of carbonyl (C=O) groups is 2. The van der Waals surface area contributed by atoms with Crippen molar-refractivity contribution in [3.8, 4) is 0 Å². The van der Waals surface area contributed by atoms with Crippen LogP contribution in [0.3, 0.4) is 0 Å². The molecular weight excluding hydrogens is 374 g/mol. The molecule has 0 heterocycles. The number of halogens is 2. The molecule has 0 bridgehead atoms. The van der Waals surface area contributed by atoms with Crippen molar-refractivity contribution in [1.82, 2.24) is 0 Å². The van der Waals surface area contributed by atoms with Crippen molar-refractivity contribution < 1.29 is 9.59 Å². The number of hydrogen-bond donors (Lipinski definition) is 0. The Balaban J connectivity index is -0.000000270. The third-order valence-electron chi connectivity index (χ3n) is 2.36. The van der Waals surface area contributed by atoms with Gasteiger partial charge in [0.25, 0.3) is 0 Å². The maximum atomic E-state index is 10.6. The number of hydrogen-bond acceptors (Lipinski definition) is 2. The summed E-state index contributed by atoms with van der Waals surface area (Å²) in [5, 5.41) is 0. The Kier molecular flexibility index (Phi) is 16.4. The van der Waals surface area contributed by atoms with Gasteiger partial charge in [0.2, 0.25) is 0 Å². The van der Waals surface area contributed by atoms with Gasteiger partial charge >= 0.3 is 17.1 Å². The molecule has 5 heteroatoms. The van der Waals surface area contributed by atoms with Crippen LogP contribution in [0.2, 0.25) is 0 Å². The van der Waals surface area contributed by atoms with Crippen LogP contribution >= 0.6 is 24.8 Å². The van der Waals surface area contributed by atoms with E-state index in [1.807, 2.05) is 60.7 Å². The molecule has 0 radical (unpaired) electrons. The Morgan fingerprint density at radius 2 is 0.857 bits per heavy atom. The fraction of sp³-hybridized carbons (Fsp3) is 0.125. The van der Waals surface area contributed by atoms with Crippen molar-refractivity contribution in [3.63, 3.8) is 0 Å². The average molecular weight is 394 g/mol. The molecule has 0 amide bonds. The molecule has 0 saturated carbocycles. The van der Waals surface area contributed by atoms with Crippen LogP contribution in [0.25, 0.3) is 0 Å². The summed E-state index contributed by atoms with van der Waals surface area (Å²) >= 11 is 0. The standard InChI is InChI=1S/2C8H8O.2ClH.H2Se/c2*1-7(9)8-5-3-2-4-6-8;;;/h2*2-6H,1H3;2*1H;1H2. The SMILES string of the molecule is CC(=O)c1ccccc1.CC(=O)c1ccccc1.Cl.Cl.[SeH2]. The van der Waals surface area contributed by atoms with Crippen LogP contribution in [0.1, 0.15) is 34.6 Å². The van der Waals surface area contributed by atoms with Gasteiger partial charge in [0.05, 0.1) is 0 Å². The molecule has 2 rings (SSSR count). The van der Waals surface area contributed by atoms with Gasteiger partial charge in [0.1, 0.15) is 0 Å². The number of carbonyl (C=O) groups excluding carboxylic acids is 2. The minimum atomic E-state index is 0. The maximum absolute atomic E-state index is 10.6. The second-order valence-electron chi connectivity index (χ2n) is 3.84.